The van der Waals surface area contributed by atoms with Crippen LogP contribution in [0.3, 0.4) is 0 Å². The number of aromatic nitrogens is 4. The van der Waals surface area contributed by atoms with Crippen LogP contribution in [0.1, 0.15) is 11.5 Å². The highest BCUT2D eigenvalue weighted by Crippen LogP contribution is 2.27. The first kappa shape index (κ1) is 22.7. The zero-order valence-corrected chi connectivity index (χ0v) is 20.3. The summed E-state index contributed by atoms with van der Waals surface area (Å²) >= 11 is 1.36. The van der Waals surface area contributed by atoms with E-state index in [9.17, 15) is 4.79 Å². The van der Waals surface area contributed by atoms with Crippen molar-refractivity contribution >= 4 is 34.1 Å². The fraction of sp³-hybridized carbons (Fsp3) is 0.148. The van der Waals surface area contributed by atoms with Gasteiger partial charge in [-0.1, -0.05) is 48.2 Å². The lowest BCUT2D eigenvalue weighted by Gasteiger charge is -2.12. The van der Waals surface area contributed by atoms with Crippen molar-refractivity contribution in [1.29, 1.82) is 0 Å². The number of anilines is 1. The van der Waals surface area contributed by atoms with Crippen LogP contribution >= 0.6 is 11.8 Å². The molecule has 0 aliphatic carbocycles. The van der Waals surface area contributed by atoms with Crippen LogP contribution in [0, 0.1) is 0 Å². The Hall–Kier alpha value is -4.04. The Morgan fingerprint density at radius 2 is 1.77 bits per heavy atom. The van der Waals surface area contributed by atoms with Crippen LogP contribution in [0.5, 0.6) is 5.75 Å². The molecule has 2 aromatic heterocycles. The third kappa shape index (κ3) is 4.93. The number of ether oxygens (including phenoxy) is 1. The summed E-state index contributed by atoms with van der Waals surface area (Å²) in [5.41, 5.74) is 2.84. The van der Waals surface area contributed by atoms with E-state index in [1.807, 2.05) is 90.6 Å². The van der Waals surface area contributed by atoms with Gasteiger partial charge in [0.1, 0.15) is 11.6 Å². The Labute approximate surface area is 207 Å². The molecule has 0 fully saturated rings. The number of nitrogens with zero attached hydrogens (tertiary/aromatic N) is 4. The largest absolute Gasteiger partial charge is 0.497 e. The van der Waals surface area contributed by atoms with Crippen LogP contribution in [0.25, 0.3) is 16.5 Å². The predicted molar refractivity (Wildman–Crippen MR) is 139 cm³/mol. The Bertz CT molecular complexity index is 1470. The summed E-state index contributed by atoms with van der Waals surface area (Å²) in [4.78, 5) is 12.9. The van der Waals surface area contributed by atoms with Crippen LogP contribution in [0.2, 0.25) is 0 Å². The van der Waals surface area contributed by atoms with Gasteiger partial charge in [-0.2, -0.15) is 0 Å². The molecule has 0 unspecified atom stereocenters. The maximum absolute atomic E-state index is 12.9. The predicted octanol–water partition coefficient (Wildman–Crippen LogP) is 5.09. The summed E-state index contributed by atoms with van der Waals surface area (Å²) in [6.07, 6.45) is 2.63. The topological polar surface area (TPSA) is 74.0 Å². The van der Waals surface area contributed by atoms with Crippen molar-refractivity contribution in [2.24, 2.45) is 7.05 Å². The van der Waals surface area contributed by atoms with Gasteiger partial charge in [0.05, 0.1) is 12.9 Å². The zero-order valence-electron chi connectivity index (χ0n) is 19.5. The molecule has 1 N–H and O–H groups in total. The third-order valence-corrected chi connectivity index (χ3v) is 6.75. The van der Waals surface area contributed by atoms with Gasteiger partial charge in [0.2, 0.25) is 5.91 Å². The third-order valence-electron chi connectivity index (χ3n) is 5.82. The van der Waals surface area contributed by atoms with Crippen molar-refractivity contribution in [2.75, 3.05) is 18.2 Å². The quantitative estimate of drug-likeness (QED) is 0.311. The highest BCUT2D eigenvalue weighted by Gasteiger charge is 2.17. The van der Waals surface area contributed by atoms with Crippen LogP contribution in [-0.4, -0.2) is 38.1 Å². The molecule has 2 heterocycles. The van der Waals surface area contributed by atoms with Crippen molar-refractivity contribution in [3.8, 4) is 11.4 Å². The molecule has 1 amide bonds. The van der Waals surface area contributed by atoms with Gasteiger partial charge in [-0.15, -0.1) is 10.2 Å². The summed E-state index contributed by atoms with van der Waals surface area (Å²) in [7, 11) is 3.65. The Balaban J connectivity index is 1.38. The lowest BCUT2D eigenvalue weighted by Crippen LogP contribution is -2.15. The number of hydrogen-bond acceptors (Lipinski definition) is 5. The summed E-state index contributed by atoms with van der Waals surface area (Å²) < 4.78 is 9.38. The molecule has 0 spiro atoms. The van der Waals surface area contributed by atoms with Crippen molar-refractivity contribution in [2.45, 2.75) is 11.6 Å². The molecular formula is C27H25N5O2S. The van der Waals surface area contributed by atoms with Gasteiger partial charge in [-0.3, -0.25) is 9.36 Å². The first-order valence-electron chi connectivity index (χ1n) is 11.2. The number of carbonyl (C=O) groups excluding carboxylic acids is 1. The summed E-state index contributed by atoms with van der Waals surface area (Å²) in [5.74, 6) is 1.69. The molecule has 0 atom stereocenters. The number of rotatable bonds is 8. The Morgan fingerprint density at radius 3 is 2.54 bits per heavy atom. The monoisotopic (exact) mass is 483 g/mol. The van der Waals surface area contributed by atoms with Gasteiger partial charge in [0, 0.05) is 42.1 Å². The van der Waals surface area contributed by atoms with E-state index < -0.39 is 0 Å². The molecule has 35 heavy (non-hydrogen) atoms. The zero-order chi connectivity index (χ0) is 24.2. The molecule has 176 valence electrons. The fourth-order valence-electron chi connectivity index (χ4n) is 3.99. The number of nitrogens with one attached hydrogen (secondary N) is 1. The van der Waals surface area contributed by atoms with E-state index in [1.165, 1.54) is 11.8 Å². The lowest BCUT2D eigenvalue weighted by molar-refractivity contribution is -0.113. The van der Waals surface area contributed by atoms with E-state index in [0.29, 0.717) is 11.6 Å². The Kier molecular flexibility index (Phi) is 6.54. The molecule has 7 nitrogen and oxygen atoms in total. The van der Waals surface area contributed by atoms with Gasteiger partial charge in [-0.25, -0.2) is 0 Å². The van der Waals surface area contributed by atoms with Crippen LogP contribution < -0.4 is 10.1 Å². The number of thioether (sulfide) groups is 1. The minimum absolute atomic E-state index is 0.0976. The van der Waals surface area contributed by atoms with E-state index in [-0.39, 0.29) is 11.7 Å². The molecule has 5 rings (SSSR count). The smallest absolute Gasteiger partial charge is 0.234 e. The van der Waals surface area contributed by atoms with Crippen molar-refractivity contribution in [3.63, 3.8) is 0 Å². The minimum Gasteiger partial charge on any atom is -0.497 e. The molecule has 0 aliphatic heterocycles. The number of methoxy groups -OCH3 is 1. The van der Waals surface area contributed by atoms with E-state index in [1.54, 1.807) is 7.11 Å². The van der Waals surface area contributed by atoms with E-state index >= 15 is 0 Å². The van der Waals surface area contributed by atoms with E-state index in [2.05, 4.69) is 26.1 Å². The molecule has 3 aromatic carbocycles. The van der Waals surface area contributed by atoms with Gasteiger partial charge in [-0.05, 0) is 47.9 Å². The molecule has 0 aliphatic rings. The van der Waals surface area contributed by atoms with E-state index in [0.717, 1.165) is 39.4 Å². The van der Waals surface area contributed by atoms with Crippen LogP contribution in [-0.2, 0) is 18.3 Å². The first-order chi connectivity index (χ1) is 17.1. The molecule has 0 saturated heterocycles. The number of fused-ring (bicyclic) bond motifs is 1. The van der Waals surface area contributed by atoms with Gasteiger partial charge < -0.3 is 14.6 Å². The second-order valence-electron chi connectivity index (χ2n) is 8.08. The number of benzene rings is 3. The normalized spacial score (nSPS) is 11.0. The fourth-order valence-corrected chi connectivity index (χ4v) is 4.76. The summed E-state index contributed by atoms with van der Waals surface area (Å²) in [5, 5.41) is 14.7. The maximum atomic E-state index is 12.9. The molecule has 5 aromatic rings. The van der Waals surface area contributed by atoms with Crippen molar-refractivity contribution in [3.05, 3.63) is 96.6 Å². The minimum atomic E-state index is -0.0976. The molecule has 0 radical (unpaired) electrons. The van der Waals surface area contributed by atoms with Crippen LogP contribution in [0.15, 0.2) is 90.2 Å². The Morgan fingerprint density at radius 1 is 0.971 bits per heavy atom. The summed E-state index contributed by atoms with van der Waals surface area (Å²) in [6.45, 7) is 0. The average Bonchev–Trinajstić information content (AvgIpc) is 3.49. The average molecular weight is 484 g/mol. The SMILES string of the molecule is COc1ccc(-n2c(Cc3cccn3C)nnc2SCC(=O)Nc2cccc3ccccc23)cc1. The van der Waals surface area contributed by atoms with Gasteiger partial charge >= 0.3 is 0 Å². The first-order valence-corrected chi connectivity index (χ1v) is 12.2. The lowest BCUT2D eigenvalue weighted by atomic mass is 10.1. The maximum Gasteiger partial charge on any atom is 0.234 e. The standard InChI is InChI=1S/C27H25N5O2S/c1-31-16-6-9-21(31)17-25-29-30-27(32(25)20-12-14-22(34-2)15-13-20)35-18-26(33)28-24-11-5-8-19-7-3-4-10-23(19)24/h3-16H,17-18H2,1-2H3,(H,28,33). The van der Waals surface area contributed by atoms with Crippen LogP contribution in [0.4, 0.5) is 5.69 Å². The van der Waals surface area contributed by atoms with E-state index in [4.69, 9.17) is 4.74 Å². The number of hydrogen-bond donors (Lipinski definition) is 1. The van der Waals surface area contributed by atoms with Gasteiger partial charge in [0.15, 0.2) is 5.16 Å². The second-order valence-corrected chi connectivity index (χ2v) is 9.03. The van der Waals surface area contributed by atoms with Gasteiger partial charge in [0.25, 0.3) is 0 Å². The summed E-state index contributed by atoms with van der Waals surface area (Å²) in [6, 6.07) is 25.7. The van der Waals surface area contributed by atoms with Crippen molar-refractivity contribution in [1.82, 2.24) is 19.3 Å². The number of carbonyl (C=O) groups is 1. The molecule has 0 bridgehead atoms. The number of aryl methyl sites for hydroxylation is 1. The highest BCUT2D eigenvalue weighted by molar-refractivity contribution is 7.99. The molecule has 0 saturated carbocycles. The second kappa shape index (κ2) is 10.1. The number of amides is 1. The molecular weight excluding hydrogens is 458 g/mol. The highest BCUT2D eigenvalue weighted by atomic mass is 32.2. The molecule has 8 heteroatoms. The van der Waals surface area contributed by atoms with Crippen molar-refractivity contribution < 1.29 is 9.53 Å².